The molecule has 180 valence electrons. The molecule has 1 N–H and O–H groups in total. The van der Waals surface area contributed by atoms with E-state index in [-0.39, 0.29) is 12.5 Å². The highest BCUT2D eigenvalue weighted by molar-refractivity contribution is 7.92. The van der Waals surface area contributed by atoms with Crippen LogP contribution in [0.5, 0.6) is 5.75 Å². The Kier molecular flexibility index (Phi) is 9.55. The molecule has 0 bridgehead atoms. The molecule has 0 aliphatic heterocycles. The first-order valence-electron chi connectivity index (χ1n) is 10.5. The Morgan fingerprint density at radius 3 is 2.21 bits per heavy atom. The Bertz CT molecular complexity index is 1040. The van der Waals surface area contributed by atoms with Crippen molar-refractivity contribution in [2.24, 2.45) is 0 Å². The molecule has 2 rings (SSSR count). The second-order valence-electron chi connectivity index (χ2n) is 7.58. The lowest BCUT2D eigenvalue weighted by molar-refractivity contribution is -0.139. The summed E-state index contributed by atoms with van der Waals surface area (Å²) >= 11 is 5.92. The van der Waals surface area contributed by atoms with E-state index in [0.717, 1.165) is 22.5 Å². The molecule has 0 saturated carbocycles. The molecule has 0 saturated heterocycles. The predicted molar refractivity (Wildman–Crippen MR) is 130 cm³/mol. The van der Waals surface area contributed by atoms with Crippen LogP contribution in [0.3, 0.4) is 0 Å². The maximum Gasteiger partial charge on any atom is 0.244 e. The van der Waals surface area contributed by atoms with E-state index >= 15 is 0 Å². The number of carbonyl (C=O) groups excluding carboxylic acids is 2. The zero-order valence-corrected chi connectivity index (χ0v) is 20.8. The average molecular weight is 496 g/mol. The van der Waals surface area contributed by atoms with Gasteiger partial charge in [-0.15, -0.1) is 0 Å². The van der Waals surface area contributed by atoms with Crippen molar-refractivity contribution >= 4 is 39.1 Å². The van der Waals surface area contributed by atoms with Gasteiger partial charge in [-0.25, -0.2) is 8.42 Å². The van der Waals surface area contributed by atoms with Gasteiger partial charge in [-0.3, -0.25) is 13.9 Å². The highest BCUT2D eigenvalue weighted by atomic mass is 35.5. The van der Waals surface area contributed by atoms with Gasteiger partial charge in [0, 0.05) is 18.1 Å². The number of methoxy groups -OCH3 is 1. The van der Waals surface area contributed by atoms with Crippen LogP contribution >= 0.6 is 11.6 Å². The van der Waals surface area contributed by atoms with E-state index in [1.165, 1.54) is 17.0 Å². The molecule has 0 spiro atoms. The second kappa shape index (κ2) is 11.9. The molecule has 2 aromatic carbocycles. The van der Waals surface area contributed by atoms with Gasteiger partial charge < -0.3 is 15.0 Å². The van der Waals surface area contributed by atoms with Crippen LogP contribution in [0.1, 0.15) is 25.8 Å². The molecule has 33 heavy (non-hydrogen) atoms. The number of hydrogen-bond acceptors (Lipinski definition) is 5. The summed E-state index contributed by atoms with van der Waals surface area (Å²) in [6.07, 6.45) is 1.78. The zero-order valence-electron chi connectivity index (χ0n) is 19.2. The van der Waals surface area contributed by atoms with Gasteiger partial charge in [0.15, 0.2) is 0 Å². The molecule has 0 heterocycles. The molecular weight excluding hydrogens is 466 g/mol. The number of nitrogens with zero attached hydrogens (tertiary/aromatic N) is 2. The SMILES string of the molecule is CCCNC(=O)[C@@H](C)N(Cc1ccc(OC)cc1)C(=O)CN(c1ccc(Cl)cc1)S(C)(=O)=O. The Hall–Kier alpha value is -2.78. The van der Waals surface area contributed by atoms with Crippen LogP contribution in [-0.4, -0.2) is 57.6 Å². The molecule has 8 nitrogen and oxygen atoms in total. The van der Waals surface area contributed by atoms with Crippen molar-refractivity contribution in [3.63, 3.8) is 0 Å². The molecule has 0 aromatic heterocycles. The van der Waals surface area contributed by atoms with E-state index in [9.17, 15) is 18.0 Å². The first-order valence-corrected chi connectivity index (χ1v) is 12.7. The van der Waals surface area contributed by atoms with Gasteiger partial charge in [0.1, 0.15) is 18.3 Å². The van der Waals surface area contributed by atoms with Crippen molar-refractivity contribution in [1.82, 2.24) is 10.2 Å². The van der Waals surface area contributed by atoms with Gasteiger partial charge in [-0.05, 0) is 55.3 Å². The number of benzene rings is 2. The lowest BCUT2D eigenvalue weighted by Gasteiger charge is -2.31. The molecule has 2 amide bonds. The quantitative estimate of drug-likeness (QED) is 0.517. The summed E-state index contributed by atoms with van der Waals surface area (Å²) < 4.78 is 31.1. The van der Waals surface area contributed by atoms with E-state index in [1.807, 2.05) is 6.92 Å². The van der Waals surface area contributed by atoms with Crippen molar-refractivity contribution in [3.05, 3.63) is 59.1 Å². The van der Waals surface area contributed by atoms with Gasteiger partial charge in [-0.2, -0.15) is 0 Å². The Morgan fingerprint density at radius 1 is 1.09 bits per heavy atom. The molecule has 1 atom stereocenters. The van der Waals surface area contributed by atoms with Crippen LogP contribution in [-0.2, 0) is 26.2 Å². The molecule has 0 radical (unpaired) electrons. The fourth-order valence-electron chi connectivity index (χ4n) is 3.13. The van der Waals surface area contributed by atoms with Crippen LogP contribution in [0, 0.1) is 0 Å². The molecule has 0 aliphatic rings. The van der Waals surface area contributed by atoms with Crippen LogP contribution in [0.15, 0.2) is 48.5 Å². The number of halogens is 1. The van der Waals surface area contributed by atoms with Crippen molar-refractivity contribution < 1.29 is 22.7 Å². The van der Waals surface area contributed by atoms with Crippen molar-refractivity contribution in [2.45, 2.75) is 32.9 Å². The summed E-state index contributed by atoms with van der Waals surface area (Å²) in [5.41, 5.74) is 1.08. The van der Waals surface area contributed by atoms with Gasteiger partial charge in [0.25, 0.3) is 0 Å². The van der Waals surface area contributed by atoms with E-state index in [0.29, 0.717) is 23.0 Å². The average Bonchev–Trinajstić information content (AvgIpc) is 2.79. The van der Waals surface area contributed by atoms with Crippen LogP contribution in [0.25, 0.3) is 0 Å². The standard InChI is InChI=1S/C23H30ClN3O5S/c1-5-14-25-23(29)17(2)26(15-18-6-12-21(32-3)13-7-18)22(28)16-27(33(4,30)31)20-10-8-19(24)9-11-20/h6-13,17H,5,14-16H2,1-4H3,(H,25,29)/t17-/m1/s1. The van der Waals surface area contributed by atoms with E-state index < -0.39 is 28.5 Å². The third-order valence-electron chi connectivity index (χ3n) is 5.02. The number of carbonyl (C=O) groups is 2. The van der Waals surface area contributed by atoms with Crippen LogP contribution in [0.4, 0.5) is 5.69 Å². The molecule has 0 fully saturated rings. The maximum atomic E-state index is 13.4. The van der Waals surface area contributed by atoms with Gasteiger partial charge in [-0.1, -0.05) is 30.7 Å². The Balaban J connectivity index is 2.34. The molecule has 2 aromatic rings. The lowest BCUT2D eigenvalue weighted by atomic mass is 10.1. The van der Waals surface area contributed by atoms with Crippen LogP contribution in [0.2, 0.25) is 5.02 Å². The topological polar surface area (TPSA) is 96.0 Å². The first-order chi connectivity index (χ1) is 15.6. The lowest BCUT2D eigenvalue weighted by Crippen LogP contribution is -2.51. The fourth-order valence-corrected chi connectivity index (χ4v) is 4.10. The predicted octanol–water partition coefficient (Wildman–Crippen LogP) is 3.06. The van der Waals surface area contributed by atoms with Crippen molar-refractivity contribution in [1.29, 1.82) is 0 Å². The van der Waals surface area contributed by atoms with Gasteiger partial charge in [0.2, 0.25) is 21.8 Å². The summed E-state index contributed by atoms with van der Waals surface area (Å²) in [4.78, 5) is 27.4. The summed E-state index contributed by atoms with van der Waals surface area (Å²) in [5, 5.41) is 3.24. The largest absolute Gasteiger partial charge is 0.497 e. The maximum absolute atomic E-state index is 13.4. The Morgan fingerprint density at radius 2 is 1.70 bits per heavy atom. The molecule has 10 heteroatoms. The van der Waals surface area contributed by atoms with Crippen LogP contribution < -0.4 is 14.4 Å². The van der Waals surface area contributed by atoms with Crippen molar-refractivity contribution in [3.8, 4) is 5.75 Å². The van der Waals surface area contributed by atoms with E-state index in [1.54, 1.807) is 50.4 Å². The minimum Gasteiger partial charge on any atom is -0.497 e. The molecule has 0 aliphatic carbocycles. The Labute approximate surface area is 200 Å². The number of sulfonamides is 1. The highest BCUT2D eigenvalue weighted by Crippen LogP contribution is 2.22. The third-order valence-corrected chi connectivity index (χ3v) is 6.41. The number of amides is 2. The fraction of sp³-hybridized carbons (Fsp3) is 0.391. The summed E-state index contributed by atoms with van der Waals surface area (Å²) in [6, 6.07) is 12.5. The number of rotatable bonds is 11. The minimum atomic E-state index is -3.78. The smallest absolute Gasteiger partial charge is 0.244 e. The number of nitrogens with one attached hydrogen (secondary N) is 1. The normalized spacial score (nSPS) is 12.0. The highest BCUT2D eigenvalue weighted by Gasteiger charge is 2.30. The summed E-state index contributed by atoms with van der Waals surface area (Å²) in [5.74, 6) is -0.155. The zero-order chi connectivity index (χ0) is 24.6. The molecule has 0 unspecified atom stereocenters. The van der Waals surface area contributed by atoms with Gasteiger partial charge >= 0.3 is 0 Å². The third kappa shape index (κ3) is 7.64. The van der Waals surface area contributed by atoms with Crippen molar-refractivity contribution in [2.75, 3.05) is 30.8 Å². The minimum absolute atomic E-state index is 0.127. The summed E-state index contributed by atoms with van der Waals surface area (Å²) in [7, 11) is -2.22. The number of ether oxygens (including phenoxy) is 1. The molecular formula is C23H30ClN3O5S. The van der Waals surface area contributed by atoms with E-state index in [2.05, 4.69) is 5.32 Å². The first kappa shape index (κ1) is 26.5. The van der Waals surface area contributed by atoms with Gasteiger partial charge in [0.05, 0.1) is 19.1 Å². The van der Waals surface area contributed by atoms with E-state index in [4.69, 9.17) is 16.3 Å². The number of anilines is 1. The monoisotopic (exact) mass is 495 g/mol. The number of hydrogen-bond donors (Lipinski definition) is 1. The second-order valence-corrected chi connectivity index (χ2v) is 9.93. The summed E-state index contributed by atoms with van der Waals surface area (Å²) in [6.45, 7) is 3.71.